The summed E-state index contributed by atoms with van der Waals surface area (Å²) < 4.78 is 1.77. The summed E-state index contributed by atoms with van der Waals surface area (Å²) in [5.74, 6) is 1.94. The normalized spacial score (nSPS) is 9.23. The zero-order valence-corrected chi connectivity index (χ0v) is 7.28. The van der Waals surface area contributed by atoms with E-state index in [1.807, 2.05) is 7.05 Å². The van der Waals surface area contributed by atoms with Crippen molar-refractivity contribution in [2.45, 2.75) is 0 Å². The summed E-state index contributed by atoms with van der Waals surface area (Å²) in [5.41, 5.74) is 2.76. The fraction of sp³-hybridized carbons (Fsp3) is 0.222. The summed E-state index contributed by atoms with van der Waals surface area (Å²) in [5, 5.41) is 0. The monoisotopic (exact) mass is 178 g/mol. The lowest BCUT2D eigenvalue weighted by Crippen LogP contribution is -2.23. The van der Waals surface area contributed by atoms with Crippen LogP contribution in [-0.2, 0) is 11.9 Å². The molecule has 1 aromatic heterocycles. The van der Waals surface area contributed by atoms with E-state index in [2.05, 4.69) is 16.2 Å². The van der Waals surface area contributed by atoms with Gasteiger partial charge in [0.25, 0.3) is 5.91 Å². The summed E-state index contributed by atoms with van der Waals surface area (Å²) in [6, 6.07) is 1.69. The number of rotatable bonds is 3. The molecule has 0 aliphatic heterocycles. The van der Waals surface area contributed by atoms with Crippen LogP contribution in [0.2, 0.25) is 0 Å². The van der Waals surface area contributed by atoms with Crippen LogP contribution in [0.25, 0.3) is 0 Å². The maximum absolute atomic E-state index is 11.2. The Bertz CT molecular complexity index is 336. The third-order valence-corrected chi connectivity index (χ3v) is 1.41. The van der Waals surface area contributed by atoms with Gasteiger partial charge in [0.2, 0.25) is 0 Å². The minimum absolute atomic E-state index is 0.0680. The zero-order chi connectivity index (χ0) is 9.68. The molecule has 1 N–H and O–H groups in total. The average Bonchev–Trinajstić information content (AvgIpc) is 2.52. The number of nitrogens with zero attached hydrogens (tertiary/aromatic N) is 1. The predicted molar refractivity (Wildman–Crippen MR) is 47.7 cm³/mol. The average molecular weight is 178 g/mol. The standard InChI is InChI=1S/C9H10N2O2/c1-3-6-13-10-9(12)8-4-5-11(2)7-8/h1,4-5,7H,6H2,2H3,(H,10,12). The molecule has 0 aromatic carbocycles. The van der Waals surface area contributed by atoms with E-state index in [1.165, 1.54) is 0 Å². The Morgan fingerprint density at radius 2 is 2.62 bits per heavy atom. The number of hydrogen-bond donors (Lipinski definition) is 1. The fourth-order valence-electron chi connectivity index (χ4n) is 0.840. The highest BCUT2D eigenvalue weighted by Crippen LogP contribution is 1.98. The van der Waals surface area contributed by atoms with Crippen molar-refractivity contribution in [3.63, 3.8) is 0 Å². The van der Waals surface area contributed by atoms with Crippen LogP contribution in [0.5, 0.6) is 0 Å². The first-order valence-electron chi connectivity index (χ1n) is 3.71. The molecule has 1 heterocycles. The van der Waals surface area contributed by atoms with Gasteiger partial charge in [-0.3, -0.25) is 9.63 Å². The number of carbonyl (C=O) groups is 1. The molecular formula is C9H10N2O2. The van der Waals surface area contributed by atoms with Crippen LogP contribution in [0.3, 0.4) is 0 Å². The first-order chi connectivity index (χ1) is 6.24. The molecule has 0 bridgehead atoms. The predicted octanol–water partition coefficient (Wildman–Crippen LogP) is 0.320. The Balaban J connectivity index is 2.45. The Hall–Kier alpha value is -1.73. The van der Waals surface area contributed by atoms with Crippen LogP contribution in [0.4, 0.5) is 0 Å². The SMILES string of the molecule is C#CCONC(=O)c1ccn(C)c1. The van der Waals surface area contributed by atoms with Crippen LogP contribution < -0.4 is 5.48 Å². The van der Waals surface area contributed by atoms with Crippen LogP contribution in [0.1, 0.15) is 10.4 Å². The number of carbonyl (C=O) groups excluding carboxylic acids is 1. The number of aromatic nitrogens is 1. The third-order valence-electron chi connectivity index (χ3n) is 1.41. The van der Waals surface area contributed by atoms with Crippen molar-refractivity contribution in [3.8, 4) is 12.3 Å². The summed E-state index contributed by atoms with van der Waals surface area (Å²) in [4.78, 5) is 15.9. The molecule has 1 amide bonds. The van der Waals surface area contributed by atoms with Gasteiger partial charge in [-0.25, -0.2) is 5.48 Å². The van der Waals surface area contributed by atoms with E-state index in [1.54, 1.807) is 23.0 Å². The van der Waals surface area contributed by atoms with Crippen molar-refractivity contribution in [3.05, 3.63) is 24.0 Å². The van der Waals surface area contributed by atoms with Gasteiger partial charge in [-0.05, 0) is 6.07 Å². The topological polar surface area (TPSA) is 43.3 Å². The number of nitrogens with one attached hydrogen (secondary N) is 1. The Kier molecular flexibility index (Phi) is 3.12. The minimum atomic E-state index is -0.296. The highest BCUT2D eigenvalue weighted by molar-refractivity contribution is 5.93. The van der Waals surface area contributed by atoms with Gasteiger partial charge in [-0.1, -0.05) is 5.92 Å². The molecule has 0 saturated heterocycles. The molecule has 0 radical (unpaired) electrons. The minimum Gasteiger partial charge on any atom is -0.356 e. The van der Waals surface area contributed by atoms with Gasteiger partial charge in [0, 0.05) is 19.4 Å². The Morgan fingerprint density at radius 3 is 3.15 bits per heavy atom. The molecule has 0 unspecified atom stereocenters. The van der Waals surface area contributed by atoms with E-state index in [-0.39, 0.29) is 12.5 Å². The van der Waals surface area contributed by atoms with Crippen LogP contribution in [0.15, 0.2) is 18.5 Å². The van der Waals surface area contributed by atoms with E-state index in [9.17, 15) is 4.79 Å². The quantitative estimate of drug-likeness (QED) is 0.411. The number of hydrogen-bond acceptors (Lipinski definition) is 2. The van der Waals surface area contributed by atoms with Crippen molar-refractivity contribution in [2.24, 2.45) is 7.05 Å². The second-order valence-corrected chi connectivity index (χ2v) is 2.49. The number of terminal acetylenes is 1. The van der Waals surface area contributed by atoms with Gasteiger partial charge in [-0.15, -0.1) is 6.42 Å². The van der Waals surface area contributed by atoms with E-state index < -0.39 is 0 Å². The third kappa shape index (κ3) is 2.65. The van der Waals surface area contributed by atoms with Gasteiger partial charge in [0.1, 0.15) is 6.61 Å². The van der Waals surface area contributed by atoms with Gasteiger partial charge in [-0.2, -0.15) is 0 Å². The van der Waals surface area contributed by atoms with Crippen molar-refractivity contribution in [1.29, 1.82) is 0 Å². The molecule has 4 heteroatoms. The lowest BCUT2D eigenvalue weighted by atomic mass is 10.3. The first kappa shape index (κ1) is 9.36. The molecule has 1 rings (SSSR count). The van der Waals surface area contributed by atoms with Gasteiger partial charge >= 0.3 is 0 Å². The van der Waals surface area contributed by atoms with Gasteiger partial charge < -0.3 is 4.57 Å². The zero-order valence-electron chi connectivity index (χ0n) is 7.28. The summed E-state index contributed by atoms with van der Waals surface area (Å²) in [6.07, 6.45) is 8.39. The Morgan fingerprint density at radius 1 is 1.85 bits per heavy atom. The molecular weight excluding hydrogens is 168 g/mol. The van der Waals surface area contributed by atoms with Crippen LogP contribution in [0, 0.1) is 12.3 Å². The largest absolute Gasteiger partial charge is 0.356 e. The lowest BCUT2D eigenvalue weighted by Gasteiger charge is -1.99. The molecule has 0 aliphatic rings. The first-order valence-corrected chi connectivity index (χ1v) is 3.71. The van der Waals surface area contributed by atoms with Gasteiger partial charge in [0.15, 0.2) is 0 Å². The second kappa shape index (κ2) is 4.33. The van der Waals surface area contributed by atoms with Crippen molar-refractivity contribution in [1.82, 2.24) is 10.0 Å². The van der Waals surface area contributed by atoms with E-state index >= 15 is 0 Å². The summed E-state index contributed by atoms with van der Waals surface area (Å²) in [6.45, 7) is 0.0680. The van der Waals surface area contributed by atoms with Crippen LogP contribution >= 0.6 is 0 Å². The molecule has 4 nitrogen and oxygen atoms in total. The molecule has 0 aliphatic carbocycles. The second-order valence-electron chi connectivity index (χ2n) is 2.49. The summed E-state index contributed by atoms with van der Waals surface area (Å²) >= 11 is 0. The fourth-order valence-corrected chi connectivity index (χ4v) is 0.840. The van der Waals surface area contributed by atoms with Crippen molar-refractivity contribution >= 4 is 5.91 Å². The van der Waals surface area contributed by atoms with Crippen molar-refractivity contribution < 1.29 is 9.63 Å². The maximum Gasteiger partial charge on any atom is 0.276 e. The van der Waals surface area contributed by atoms with E-state index in [0.717, 1.165) is 0 Å². The van der Waals surface area contributed by atoms with E-state index in [0.29, 0.717) is 5.56 Å². The molecule has 0 saturated carbocycles. The number of hydroxylamine groups is 1. The maximum atomic E-state index is 11.2. The molecule has 68 valence electrons. The number of amides is 1. The smallest absolute Gasteiger partial charge is 0.276 e. The van der Waals surface area contributed by atoms with E-state index in [4.69, 9.17) is 6.42 Å². The lowest BCUT2D eigenvalue weighted by molar-refractivity contribution is 0.0438. The Labute approximate surface area is 76.5 Å². The number of aryl methyl sites for hydroxylation is 1. The summed E-state index contributed by atoms with van der Waals surface area (Å²) in [7, 11) is 1.83. The van der Waals surface area contributed by atoms with Crippen LogP contribution in [-0.4, -0.2) is 17.1 Å². The molecule has 0 spiro atoms. The molecule has 1 aromatic rings. The molecule has 13 heavy (non-hydrogen) atoms. The molecule has 0 fully saturated rings. The highest BCUT2D eigenvalue weighted by atomic mass is 16.6. The van der Waals surface area contributed by atoms with Gasteiger partial charge in [0.05, 0.1) is 5.56 Å². The highest BCUT2D eigenvalue weighted by Gasteiger charge is 2.04. The molecule has 0 atom stereocenters. The van der Waals surface area contributed by atoms with Crippen molar-refractivity contribution in [2.75, 3.05) is 6.61 Å².